The van der Waals surface area contributed by atoms with Crippen LogP contribution in [0.15, 0.2) is 42.6 Å². The highest BCUT2D eigenvalue weighted by Gasteiger charge is 2.09. The second-order valence-electron chi connectivity index (χ2n) is 5.18. The summed E-state index contributed by atoms with van der Waals surface area (Å²) < 4.78 is 3.17. The van der Waals surface area contributed by atoms with E-state index in [0.717, 1.165) is 30.4 Å². The number of benzene rings is 1. The number of aromatic nitrogens is 1. The van der Waals surface area contributed by atoms with Crippen LogP contribution in [0.3, 0.4) is 0 Å². The van der Waals surface area contributed by atoms with E-state index in [0.29, 0.717) is 0 Å². The van der Waals surface area contributed by atoms with Gasteiger partial charge in [-0.2, -0.15) is 0 Å². The molecule has 1 aromatic carbocycles. The Kier molecular flexibility index (Phi) is 4.63. The van der Waals surface area contributed by atoms with Crippen LogP contribution < -0.4 is 5.32 Å². The maximum atomic E-state index is 6.03. The van der Waals surface area contributed by atoms with Crippen molar-refractivity contribution in [2.75, 3.05) is 6.54 Å². The normalized spacial score (nSPS) is 11.3. The fourth-order valence-electron chi connectivity index (χ4n) is 2.60. The van der Waals surface area contributed by atoms with Crippen LogP contribution in [0.25, 0.3) is 10.9 Å². The van der Waals surface area contributed by atoms with E-state index in [1.54, 1.807) is 11.3 Å². The molecule has 21 heavy (non-hydrogen) atoms. The molecule has 3 aromatic rings. The molecule has 2 nitrogen and oxygen atoms in total. The fraction of sp³-hybridized carbons (Fsp3) is 0.294. The first-order valence-corrected chi connectivity index (χ1v) is 8.49. The van der Waals surface area contributed by atoms with Crippen LogP contribution in [0.4, 0.5) is 0 Å². The summed E-state index contributed by atoms with van der Waals surface area (Å²) >= 11 is 7.68. The Hall–Kier alpha value is -1.29. The van der Waals surface area contributed by atoms with Crippen LogP contribution in [0, 0.1) is 0 Å². The molecule has 0 fully saturated rings. The average molecular weight is 319 g/mol. The number of para-hydroxylation sites is 1. The monoisotopic (exact) mass is 318 g/mol. The van der Waals surface area contributed by atoms with Gasteiger partial charge in [-0.1, -0.05) is 36.7 Å². The number of fused-ring (bicyclic) bond motifs is 1. The van der Waals surface area contributed by atoms with E-state index in [1.807, 2.05) is 6.07 Å². The molecule has 3 rings (SSSR count). The maximum absolute atomic E-state index is 6.03. The molecule has 0 unspecified atom stereocenters. The molecule has 0 bridgehead atoms. The number of nitrogens with one attached hydrogen (secondary N) is 1. The lowest BCUT2D eigenvalue weighted by molar-refractivity contribution is 0.675. The number of rotatable bonds is 6. The second kappa shape index (κ2) is 6.65. The van der Waals surface area contributed by atoms with E-state index in [1.165, 1.54) is 21.3 Å². The Morgan fingerprint density at radius 1 is 1.19 bits per heavy atom. The van der Waals surface area contributed by atoms with Crippen molar-refractivity contribution in [2.24, 2.45) is 0 Å². The maximum Gasteiger partial charge on any atom is 0.0931 e. The van der Waals surface area contributed by atoms with E-state index in [9.17, 15) is 0 Å². The minimum Gasteiger partial charge on any atom is -0.342 e. The zero-order chi connectivity index (χ0) is 14.7. The van der Waals surface area contributed by atoms with Gasteiger partial charge in [0.1, 0.15) is 0 Å². The third-order valence-corrected chi connectivity index (χ3v) is 4.78. The largest absolute Gasteiger partial charge is 0.342 e. The second-order valence-corrected chi connectivity index (χ2v) is 6.98. The molecular weight excluding hydrogens is 300 g/mol. The molecule has 0 saturated heterocycles. The quantitative estimate of drug-likeness (QED) is 0.639. The zero-order valence-electron chi connectivity index (χ0n) is 12.1. The van der Waals surface area contributed by atoms with Crippen molar-refractivity contribution in [3.63, 3.8) is 0 Å². The van der Waals surface area contributed by atoms with Crippen LogP contribution in [-0.2, 0) is 13.1 Å². The highest BCUT2D eigenvalue weighted by molar-refractivity contribution is 7.16. The number of hydrogen-bond acceptors (Lipinski definition) is 2. The van der Waals surface area contributed by atoms with Crippen molar-refractivity contribution < 1.29 is 0 Å². The van der Waals surface area contributed by atoms with Gasteiger partial charge in [-0.3, -0.25) is 0 Å². The van der Waals surface area contributed by atoms with Gasteiger partial charge >= 0.3 is 0 Å². The van der Waals surface area contributed by atoms with Gasteiger partial charge in [0, 0.05) is 28.5 Å². The lowest BCUT2D eigenvalue weighted by Gasteiger charge is -2.02. The van der Waals surface area contributed by atoms with Crippen LogP contribution in [0.1, 0.15) is 23.8 Å². The summed E-state index contributed by atoms with van der Waals surface area (Å²) in [6.45, 7) is 5.05. The summed E-state index contributed by atoms with van der Waals surface area (Å²) in [5.74, 6) is 0. The van der Waals surface area contributed by atoms with Crippen LogP contribution in [0.2, 0.25) is 4.34 Å². The van der Waals surface area contributed by atoms with Crippen molar-refractivity contribution in [1.82, 2.24) is 9.88 Å². The predicted molar refractivity (Wildman–Crippen MR) is 92.4 cm³/mol. The van der Waals surface area contributed by atoms with Gasteiger partial charge in [-0.25, -0.2) is 0 Å². The van der Waals surface area contributed by atoms with Gasteiger partial charge in [0.2, 0.25) is 0 Å². The molecular formula is C17H19ClN2S. The standard InChI is InChI=1S/C17H19ClN2S/c1-2-9-19-10-13-11-20(12-14-7-8-17(18)21-14)16-6-4-3-5-15(13)16/h3-8,11,19H,2,9-10,12H2,1H3. The highest BCUT2D eigenvalue weighted by Crippen LogP contribution is 2.26. The molecule has 0 amide bonds. The Bertz CT molecular complexity index is 729. The molecule has 0 radical (unpaired) electrons. The molecule has 0 aliphatic heterocycles. The Balaban J connectivity index is 1.90. The summed E-state index contributed by atoms with van der Waals surface area (Å²) in [6.07, 6.45) is 3.42. The number of halogens is 1. The third kappa shape index (κ3) is 3.31. The van der Waals surface area contributed by atoms with Crippen molar-refractivity contribution in [2.45, 2.75) is 26.4 Å². The van der Waals surface area contributed by atoms with Gasteiger partial charge in [0.15, 0.2) is 0 Å². The molecule has 0 aliphatic carbocycles. The van der Waals surface area contributed by atoms with Crippen molar-refractivity contribution >= 4 is 33.8 Å². The first-order valence-electron chi connectivity index (χ1n) is 7.29. The number of hydrogen-bond donors (Lipinski definition) is 1. The van der Waals surface area contributed by atoms with E-state index in [4.69, 9.17) is 11.6 Å². The topological polar surface area (TPSA) is 17.0 Å². The first kappa shape index (κ1) is 14.6. The summed E-state index contributed by atoms with van der Waals surface area (Å²) in [5.41, 5.74) is 2.65. The van der Waals surface area contributed by atoms with E-state index < -0.39 is 0 Å². The molecule has 0 spiro atoms. The highest BCUT2D eigenvalue weighted by atomic mass is 35.5. The minimum atomic E-state index is 0.853. The molecule has 2 heterocycles. The SMILES string of the molecule is CCCNCc1cn(Cc2ccc(Cl)s2)c2ccccc12. The third-order valence-electron chi connectivity index (χ3n) is 3.57. The Morgan fingerprint density at radius 3 is 2.81 bits per heavy atom. The first-order chi connectivity index (χ1) is 10.3. The van der Waals surface area contributed by atoms with Crippen LogP contribution in [0.5, 0.6) is 0 Å². The fourth-order valence-corrected chi connectivity index (χ4v) is 3.69. The van der Waals surface area contributed by atoms with E-state index >= 15 is 0 Å². The summed E-state index contributed by atoms with van der Waals surface area (Å²) in [5, 5.41) is 4.83. The van der Waals surface area contributed by atoms with E-state index in [-0.39, 0.29) is 0 Å². The van der Waals surface area contributed by atoms with E-state index in [2.05, 4.69) is 53.3 Å². The van der Waals surface area contributed by atoms with Gasteiger partial charge in [0.05, 0.1) is 10.9 Å². The molecule has 1 N–H and O–H groups in total. The summed E-state index contributed by atoms with van der Waals surface area (Å²) in [6, 6.07) is 12.7. The zero-order valence-corrected chi connectivity index (χ0v) is 13.7. The summed E-state index contributed by atoms with van der Waals surface area (Å²) in [7, 11) is 0. The number of nitrogens with zero attached hydrogens (tertiary/aromatic N) is 1. The summed E-state index contributed by atoms with van der Waals surface area (Å²) in [4.78, 5) is 1.29. The lowest BCUT2D eigenvalue weighted by atomic mass is 10.2. The molecule has 0 aliphatic rings. The average Bonchev–Trinajstić information content (AvgIpc) is 3.05. The molecule has 2 aromatic heterocycles. The van der Waals surface area contributed by atoms with Crippen molar-refractivity contribution in [3.8, 4) is 0 Å². The van der Waals surface area contributed by atoms with Gasteiger partial charge in [0.25, 0.3) is 0 Å². The Labute approximate surface area is 134 Å². The molecule has 0 saturated carbocycles. The van der Waals surface area contributed by atoms with Crippen molar-refractivity contribution in [1.29, 1.82) is 0 Å². The Morgan fingerprint density at radius 2 is 2.05 bits per heavy atom. The van der Waals surface area contributed by atoms with Crippen molar-refractivity contribution in [3.05, 3.63) is 57.4 Å². The van der Waals surface area contributed by atoms with Gasteiger partial charge < -0.3 is 9.88 Å². The number of thiophene rings is 1. The molecule has 0 atom stereocenters. The van der Waals surface area contributed by atoms with Gasteiger partial charge in [-0.15, -0.1) is 11.3 Å². The van der Waals surface area contributed by atoms with Crippen LogP contribution in [-0.4, -0.2) is 11.1 Å². The predicted octanol–water partition coefficient (Wildman–Crippen LogP) is 4.90. The van der Waals surface area contributed by atoms with Gasteiger partial charge in [-0.05, 0) is 36.7 Å². The molecule has 110 valence electrons. The van der Waals surface area contributed by atoms with Crippen LogP contribution >= 0.6 is 22.9 Å². The minimum absolute atomic E-state index is 0.853. The lowest BCUT2D eigenvalue weighted by Crippen LogP contribution is -2.13. The molecule has 4 heteroatoms. The smallest absolute Gasteiger partial charge is 0.0931 e.